The standard InChI is InChI=1S/C13H19N3O/c1-15(2)12-4-3-11-10-5-9(6-14-7-10)8-16(11)13(12)17/h3-4,9-10,14H,5-8H2,1-2H3. The molecule has 2 aliphatic rings. The van der Waals surface area contributed by atoms with Crippen molar-refractivity contribution >= 4 is 5.69 Å². The van der Waals surface area contributed by atoms with Gasteiger partial charge >= 0.3 is 0 Å². The van der Waals surface area contributed by atoms with E-state index >= 15 is 0 Å². The Labute approximate surface area is 101 Å². The van der Waals surface area contributed by atoms with E-state index in [1.165, 1.54) is 12.1 Å². The molecule has 2 atom stereocenters. The van der Waals surface area contributed by atoms with Crippen molar-refractivity contribution < 1.29 is 0 Å². The third-order valence-electron chi connectivity index (χ3n) is 3.97. The lowest BCUT2D eigenvalue weighted by Crippen LogP contribution is -2.45. The molecule has 0 spiro atoms. The number of hydrogen-bond acceptors (Lipinski definition) is 3. The summed E-state index contributed by atoms with van der Waals surface area (Å²) >= 11 is 0. The second-order valence-corrected chi connectivity index (χ2v) is 5.41. The topological polar surface area (TPSA) is 37.3 Å². The first-order chi connectivity index (χ1) is 8.16. The summed E-state index contributed by atoms with van der Waals surface area (Å²) in [5.41, 5.74) is 2.18. The number of pyridine rings is 1. The van der Waals surface area contributed by atoms with Gasteiger partial charge in [-0.05, 0) is 31.0 Å². The van der Waals surface area contributed by atoms with Crippen molar-refractivity contribution in [2.75, 3.05) is 32.1 Å². The largest absolute Gasteiger partial charge is 0.373 e. The highest BCUT2D eigenvalue weighted by Gasteiger charge is 2.31. The molecular weight excluding hydrogens is 214 g/mol. The smallest absolute Gasteiger partial charge is 0.274 e. The van der Waals surface area contributed by atoms with E-state index in [1.807, 2.05) is 29.6 Å². The molecule has 0 amide bonds. The van der Waals surface area contributed by atoms with Crippen molar-refractivity contribution in [3.05, 3.63) is 28.2 Å². The molecule has 0 aromatic carbocycles. The molecule has 3 heterocycles. The third kappa shape index (κ3) is 1.67. The molecule has 17 heavy (non-hydrogen) atoms. The van der Waals surface area contributed by atoms with Gasteiger partial charge in [0.15, 0.2) is 0 Å². The molecule has 2 aliphatic heterocycles. The van der Waals surface area contributed by atoms with E-state index in [0.717, 1.165) is 25.3 Å². The molecule has 1 N–H and O–H groups in total. The Morgan fingerprint density at radius 3 is 2.94 bits per heavy atom. The molecule has 2 bridgehead atoms. The number of anilines is 1. The van der Waals surface area contributed by atoms with E-state index < -0.39 is 0 Å². The maximum Gasteiger partial charge on any atom is 0.274 e. The number of hydrogen-bond donors (Lipinski definition) is 1. The predicted molar refractivity (Wildman–Crippen MR) is 68.7 cm³/mol. The summed E-state index contributed by atoms with van der Waals surface area (Å²) < 4.78 is 2.00. The van der Waals surface area contributed by atoms with Crippen LogP contribution in [0.4, 0.5) is 5.69 Å². The first-order valence-electron chi connectivity index (χ1n) is 6.28. The van der Waals surface area contributed by atoms with E-state index in [1.54, 1.807) is 0 Å². The second-order valence-electron chi connectivity index (χ2n) is 5.41. The Bertz CT molecular complexity index is 492. The molecule has 3 rings (SSSR count). The summed E-state index contributed by atoms with van der Waals surface area (Å²) in [6, 6.07) is 4.09. The molecule has 4 nitrogen and oxygen atoms in total. The van der Waals surface area contributed by atoms with E-state index in [-0.39, 0.29) is 5.56 Å². The van der Waals surface area contributed by atoms with Crippen molar-refractivity contribution in [2.24, 2.45) is 5.92 Å². The van der Waals surface area contributed by atoms with E-state index in [9.17, 15) is 4.79 Å². The number of aromatic nitrogens is 1. The van der Waals surface area contributed by atoms with Crippen LogP contribution in [0.25, 0.3) is 0 Å². The first kappa shape index (κ1) is 10.8. The number of nitrogens with zero attached hydrogens (tertiary/aromatic N) is 2. The van der Waals surface area contributed by atoms with Gasteiger partial charge in [-0.1, -0.05) is 0 Å². The van der Waals surface area contributed by atoms with Crippen LogP contribution >= 0.6 is 0 Å². The van der Waals surface area contributed by atoms with Gasteiger partial charge in [0.05, 0.1) is 0 Å². The molecule has 0 aliphatic carbocycles. The van der Waals surface area contributed by atoms with Crippen LogP contribution in [0.3, 0.4) is 0 Å². The van der Waals surface area contributed by atoms with Gasteiger partial charge in [-0.2, -0.15) is 0 Å². The van der Waals surface area contributed by atoms with Crippen LogP contribution in [-0.4, -0.2) is 31.8 Å². The van der Waals surface area contributed by atoms with Crippen molar-refractivity contribution in [1.82, 2.24) is 9.88 Å². The van der Waals surface area contributed by atoms with Crippen molar-refractivity contribution in [3.8, 4) is 0 Å². The summed E-state index contributed by atoms with van der Waals surface area (Å²) in [4.78, 5) is 14.3. The number of nitrogens with one attached hydrogen (secondary N) is 1. The highest BCUT2D eigenvalue weighted by molar-refractivity contribution is 5.44. The normalized spacial score (nSPS) is 26.5. The van der Waals surface area contributed by atoms with Gasteiger partial charge in [-0.3, -0.25) is 4.79 Å². The Balaban J connectivity index is 2.12. The van der Waals surface area contributed by atoms with Crippen molar-refractivity contribution in [2.45, 2.75) is 18.9 Å². The number of fused-ring (bicyclic) bond motifs is 4. The van der Waals surface area contributed by atoms with Gasteiger partial charge in [-0.25, -0.2) is 0 Å². The van der Waals surface area contributed by atoms with E-state index in [2.05, 4.69) is 11.4 Å². The van der Waals surface area contributed by atoms with Crippen LogP contribution in [0, 0.1) is 5.92 Å². The molecule has 1 aromatic heterocycles. The molecule has 0 saturated carbocycles. The van der Waals surface area contributed by atoms with Gasteiger partial charge in [0.25, 0.3) is 5.56 Å². The Hall–Kier alpha value is -1.29. The monoisotopic (exact) mass is 233 g/mol. The first-order valence-corrected chi connectivity index (χ1v) is 6.28. The van der Waals surface area contributed by atoms with Crippen LogP contribution in [0.1, 0.15) is 18.0 Å². The summed E-state index contributed by atoms with van der Waals surface area (Å²) in [5, 5.41) is 3.46. The summed E-state index contributed by atoms with van der Waals surface area (Å²) in [6.07, 6.45) is 1.23. The Morgan fingerprint density at radius 2 is 2.18 bits per heavy atom. The average Bonchev–Trinajstić information content (AvgIpc) is 2.30. The van der Waals surface area contributed by atoms with Gasteiger partial charge < -0.3 is 14.8 Å². The van der Waals surface area contributed by atoms with Crippen LogP contribution in [0.2, 0.25) is 0 Å². The van der Waals surface area contributed by atoms with Crippen LogP contribution in [0.15, 0.2) is 16.9 Å². The van der Waals surface area contributed by atoms with E-state index in [4.69, 9.17) is 0 Å². The predicted octanol–water partition coefficient (Wildman–Crippen LogP) is 0.621. The number of piperidine rings is 1. The minimum Gasteiger partial charge on any atom is -0.373 e. The van der Waals surface area contributed by atoms with Gasteiger partial charge in [0, 0.05) is 38.8 Å². The highest BCUT2D eigenvalue weighted by Crippen LogP contribution is 2.32. The Morgan fingerprint density at radius 1 is 1.35 bits per heavy atom. The van der Waals surface area contributed by atoms with Crippen molar-refractivity contribution in [1.29, 1.82) is 0 Å². The van der Waals surface area contributed by atoms with Gasteiger partial charge in [0.2, 0.25) is 0 Å². The minimum absolute atomic E-state index is 0.170. The fraction of sp³-hybridized carbons (Fsp3) is 0.615. The summed E-state index contributed by atoms with van der Waals surface area (Å²) in [7, 11) is 3.85. The van der Waals surface area contributed by atoms with Crippen LogP contribution < -0.4 is 15.8 Å². The zero-order valence-electron chi connectivity index (χ0n) is 10.4. The fourth-order valence-electron chi connectivity index (χ4n) is 3.12. The molecule has 92 valence electrons. The lowest BCUT2D eigenvalue weighted by atomic mass is 9.84. The third-order valence-corrected chi connectivity index (χ3v) is 3.97. The lowest BCUT2D eigenvalue weighted by Gasteiger charge is -2.37. The molecule has 1 saturated heterocycles. The van der Waals surface area contributed by atoms with Crippen LogP contribution in [0.5, 0.6) is 0 Å². The number of rotatable bonds is 1. The molecule has 1 aromatic rings. The zero-order valence-corrected chi connectivity index (χ0v) is 10.4. The maximum absolute atomic E-state index is 12.4. The van der Waals surface area contributed by atoms with Gasteiger partial charge in [0.1, 0.15) is 5.69 Å². The highest BCUT2D eigenvalue weighted by atomic mass is 16.1. The zero-order chi connectivity index (χ0) is 12.0. The quantitative estimate of drug-likeness (QED) is 0.772. The average molecular weight is 233 g/mol. The van der Waals surface area contributed by atoms with E-state index in [0.29, 0.717) is 11.8 Å². The summed E-state index contributed by atoms with van der Waals surface area (Å²) in [5.74, 6) is 1.14. The SMILES string of the molecule is CN(C)c1ccc2n(c1=O)CC1CNCC2C1. The minimum atomic E-state index is 0.170. The fourth-order valence-corrected chi connectivity index (χ4v) is 3.12. The molecule has 2 unspecified atom stereocenters. The van der Waals surface area contributed by atoms with Gasteiger partial charge in [-0.15, -0.1) is 0 Å². The molecule has 1 fully saturated rings. The second kappa shape index (κ2) is 3.88. The van der Waals surface area contributed by atoms with Crippen LogP contribution in [-0.2, 0) is 6.54 Å². The maximum atomic E-state index is 12.4. The molecule has 0 radical (unpaired) electrons. The molecule has 4 heteroatoms. The Kier molecular flexibility index (Phi) is 2.47. The van der Waals surface area contributed by atoms with Crippen molar-refractivity contribution in [3.63, 3.8) is 0 Å². The molecular formula is C13H19N3O. The lowest BCUT2D eigenvalue weighted by molar-refractivity contribution is 0.257. The summed E-state index contributed by atoms with van der Waals surface area (Å²) in [6.45, 7) is 2.94.